The average Bonchev–Trinajstić information content (AvgIpc) is 3.17. The van der Waals surface area contributed by atoms with E-state index in [9.17, 15) is 9.90 Å². The Balaban J connectivity index is 2.29. The van der Waals surface area contributed by atoms with Gasteiger partial charge in [0.25, 0.3) is 0 Å². The van der Waals surface area contributed by atoms with Crippen molar-refractivity contribution >= 4 is 28.6 Å². The van der Waals surface area contributed by atoms with Gasteiger partial charge < -0.3 is 9.84 Å². The molecule has 3 nitrogen and oxygen atoms in total. The number of ether oxygens (including phenoxy) is 1. The Morgan fingerprint density at radius 3 is 2.67 bits per heavy atom. The summed E-state index contributed by atoms with van der Waals surface area (Å²) in [6.45, 7) is 1.91. The molecule has 1 aromatic rings. The number of rotatable bonds is 4. The third kappa shape index (κ3) is 2.79. The fraction of sp³-hybridized carbons (Fsp3) is 0.500. The lowest BCUT2D eigenvalue weighted by molar-refractivity contribution is -0.145. The molecule has 0 spiro atoms. The molecule has 18 heavy (non-hydrogen) atoms. The van der Waals surface area contributed by atoms with Gasteiger partial charge in [-0.2, -0.15) is 0 Å². The molecule has 1 saturated carbocycles. The van der Waals surface area contributed by atoms with E-state index in [0.717, 1.165) is 22.0 Å². The summed E-state index contributed by atoms with van der Waals surface area (Å²) in [5.74, 6) is 0.640. The van der Waals surface area contributed by atoms with Crippen molar-refractivity contribution in [2.24, 2.45) is 11.8 Å². The van der Waals surface area contributed by atoms with Crippen LogP contribution in [0, 0.1) is 15.4 Å². The largest absolute Gasteiger partial charge is 0.507 e. The molecular formula is C14H17IO3. The lowest BCUT2D eigenvalue weighted by atomic mass is 9.83. The molecule has 2 unspecified atom stereocenters. The summed E-state index contributed by atoms with van der Waals surface area (Å²) in [4.78, 5) is 11.7. The molecule has 1 N–H and O–H groups in total. The highest BCUT2D eigenvalue weighted by Gasteiger charge is 2.39. The minimum Gasteiger partial charge on any atom is -0.507 e. The van der Waals surface area contributed by atoms with Crippen LogP contribution in [0.15, 0.2) is 18.2 Å². The second-order valence-corrected chi connectivity index (χ2v) is 6.05. The Morgan fingerprint density at radius 2 is 2.17 bits per heavy atom. The molecule has 0 heterocycles. The quantitative estimate of drug-likeness (QED) is 0.662. The van der Waals surface area contributed by atoms with Crippen LogP contribution < -0.4 is 0 Å². The number of methoxy groups -OCH3 is 1. The average molecular weight is 360 g/mol. The minimum absolute atomic E-state index is 0.153. The minimum atomic E-state index is -0.176. The van der Waals surface area contributed by atoms with Crippen molar-refractivity contribution in [2.75, 3.05) is 7.11 Å². The van der Waals surface area contributed by atoms with E-state index in [1.54, 1.807) is 6.07 Å². The Morgan fingerprint density at radius 1 is 1.50 bits per heavy atom. The van der Waals surface area contributed by atoms with Gasteiger partial charge in [-0.15, -0.1) is 0 Å². The van der Waals surface area contributed by atoms with Gasteiger partial charge in [0.1, 0.15) is 5.75 Å². The zero-order valence-electron chi connectivity index (χ0n) is 10.5. The maximum atomic E-state index is 11.7. The second kappa shape index (κ2) is 5.47. The number of halogens is 1. The van der Waals surface area contributed by atoms with Gasteiger partial charge in [0, 0.05) is 0 Å². The number of hydrogen-bond donors (Lipinski definition) is 1. The molecule has 4 heteroatoms. The van der Waals surface area contributed by atoms with Gasteiger partial charge >= 0.3 is 5.97 Å². The molecule has 2 rings (SSSR count). The normalized spacial score (nSPS) is 18.2. The predicted molar refractivity (Wildman–Crippen MR) is 77.5 cm³/mol. The standard InChI is InChI=1S/C14H17IO3/c1-8(14(17)18-2)13(9-3-4-9)10-5-6-11(15)12(16)7-10/h5-9,13,16H,3-4H2,1-2H3. The number of carbonyl (C=O) groups is 1. The summed E-state index contributed by atoms with van der Waals surface area (Å²) >= 11 is 2.09. The van der Waals surface area contributed by atoms with Crippen LogP contribution in [-0.4, -0.2) is 18.2 Å². The van der Waals surface area contributed by atoms with E-state index in [1.165, 1.54) is 7.11 Å². The van der Waals surface area contributed by atoms with Gasteiger partial charge in [0.15, 0.2) is 0 Å². The van der Waals surface area contributed by atoms with E-state index in [1.807, 2.05) is 19.1 Å². The van der Waals surface area contributed by atoms with E-state index in [2.05, 4.69) is 22.6 Å². The molecule has 0 aliphatic heterocycles. The van der Waals surface area contributed by atoms with E-state index < -0.39 is 0 Å². The maximum Gasteiger partial charge on any atom is 0.309 e. The molecule has 0 bridgehead atoms. The van der Waals surface area contributed by atoms with Gasteiger partial charge in [-0.3, -0.25) is 4.79 Å². The van der Waals surface area contributed by atoms with Gasteiger partial charge in [0.2, 0.25) is 0 Å². The first-order valence-electron chi connectivity index (χ1n) is 6.10. The van der Waals surface area contributed by atoms with Crippen LogP contribution in [-0.2, 0) is 9.53 Å². The van der Waals surface area contributed by atoms with Crippen molar-refractivity contribution in [3.05, 3.63) is 27.3 Å². The molecule has 1 aliphatic carbocycles. The topological polar surface area (TPSA) is 46.5 Å². The van der Waals surface area contributed by atoms with Gasteiger partial charge in [-0.05, 0) is 65.0 Å². The first-order valence-corrected chi connectivity index (χ1v) is 7.18. The summed E-state index contributed by atoms with van der Waals surface area (Å²) in [5, 5.41) is 9.81. The first-order chi connectivity index (χ1) is 8.54. The summed E-state index contributed by atoms with van der Waals surface area (Å²) in [7, 11) is 1.42. The Bertz CT molecular complexity index is 454. The second-order valence-electron chi connectivity index (χ2n) is 4.89. The van der Waals surface area contributed by atoms with Gasteiger partial charge in [-0.25, -0.2) is 0 Å². The van der Waals surface area contributed by atoms with Crippen molar-refractivity contribution in [1.82, 2.24) is 0 Å². The summed E-state index contributed by atoms with van der Waals surface area (Å²) < 4.78 is 5.67. The van der Waals surface area contributed by atoms with E-state index in [4.69, 9.17) is 4.74 Å². The van der Waals surface area contributed by atoms with Crippen LogP contribution in [0.3, 0.4) is 0 Å². The van der Waals surface area contributed by atoms with Crippen molar-refractivity contribution in [1.29, 1.82) is 0 Å². The van der Waals surface area contributed by atoms with Crippen LogP contribution in [0.2, 0.25) is 0 Å². The number of benzene rings is 1. The van der Waals surface area contributed by atoms with Crippen LogP contribution in [0.25, 0.3) is 0 Å². The lowest BCUT2D eigenvalue weighted by Crippen LogP contribution is -2.22. The highest BCUT2D eigenvalue weighted by atomic mass is 127. The number of phenols is 1. The van der Waals surface area contributed by atoms with E-state index >= 15 is 0 Å². The van der Waals surface area contributed by atoms with Gasteiger partial charge in [0.05, 0.1) is 16.6 Å². The highest BCUT2D eigenvalue weighted by Crippen LogP contribution is 2.47. The Labute approximate surface area is 121 Å². The Kier molecular flexibility index (Phi) is 4.14. The molecule has 98 valence electrons. The third-order valence-corrected chi connectivity index (χ3v) is 4.51. The molecule has 2 atom stereocenters. The van der Waals surface area contributed by atoms with E-state index in [0.29, 0.717) is 5.92 Å². The SMILES string of the molecule is COC(=O)C(C)C(c1ccc(I)c(O)c1)C1CC1. The van der Waals surface area contributed by atoms with Crippen molar-refractivity contribution in [2.45, 2.75) is 25.7 Å². The monoisotopic (exact) mass is 360 g/mol. The molecule has 1 fully saturated rings. The highest BCUT2D eigenvalue weighted by molar-refractivity contribution is 14.1. The smallest absolute Gasteiger partial charge is 0.309 e. The molecule has 0 saturated heterocycles. The summed E-state index contributed by atoms with van der Waals surface area (Å²) in [5.41, 5.74) is 1.04. The van der Waals surface area contributed by atoms with Crippen LogP contribution in [0.5, 0.6) is 5.75 Å². The lowest BCUT2D eigenvalue weighted by Gasteiger charge is -2.22. The molecular weight excluding hydrogens is 343 g/mol. The van der Waals surface area contributed by atoms with Gasteiger partial charge in [-0.1, -0.05) is 13.0 Å². The Hall–Kier alpha value is -0.780. The molecule has 0 aromatic heterocycles. The number of hydrogen-bond acceptors (Lipinski definition) is 3. The third-order valence-electron chi connectivity index (χ3n) is 3.60. The molecule has 0 amide bonds. The number of phenolic OH excluding ortho intramolecular Hbond substituents is 1. The zero-order chi connectivity index (χ0) is 13.3. The van der Waals surface area contributed by atoms with Crippen LogP contribution in [0.1, 0.15) is 31.2 Å². The fourth-order valence-electron chi connectivity index (χ4n) is 2.49. The van der Waals surface area contributed by atoms with Crippen molar-refractivity contribution < 1.29 is 14.6 Å². The molecule has 1 aliphatic rings. The van der Waals surface area contributed by atoms with Crippen LogP contribution in [0.4, 0.5) is 0 Å². The van der Waals surface area contributed by atoms with E-state index in [-0.39, 0.29) is 23.6 Å². The van der Waals surface area contributed by atoms with Crippen molar-refractivity contribution in [3.63, 3.8) is 0 Å². The van der Waals surface area contributed by atoms with Crippen molar-refractivity contribution in [3.8, 4) is 5.75 Å². The predicted octanol–water partition coefficient (Wildman–Crippen LogP) is 3.30. The maximum absolute atomic E-state index is 11.7. The summed E-state index contributed by atoms with van der Waals surface area (Å²) in [6, 6.07) is 5.68. The number of esters is 1. The molecule has 0 radical (unpaired) electrons. The molecule has 1 aromatic carbocycles. The first kappa shape index (κ1) is 13.6. The summed E-state index contributed by atoms with van der Waals surface area (Å²) in [6.07, 6.45) is 2.30. The zero-order valence-corrected chi connectivity index (χ0v) is 12.7. The number of aromatic hydroxyl groups is 1. The van der Waals surface area contributed by atoms with Crippen LogP contribution >= 0.6 is 22.6 Å². The number of carbonyl (C=O) groups excluding carboxylic acids is 1. The fourth-order valence-corrected chi connectivity index (χ4v) is 2.83.